The second-order valence-electron chi connectivity index (χ2n) is 7.72. The summed E-state index contributed by atoms with van der Waals surface area (Å²) >= 11 is 0. The molecule has 0 radical (unpaired) electrons. The number of furan rings is 1. The summed E-state index contributed by atoms with van der Waals surface area (Å²) in [6, 6.07) is 12.1. The first-order valence-electron chi connectivity index (χ1n) is 10.1. The second kappa shape index (κ2) is 9.80. The quantitative estimate of drug-likeness (QED) is 0.774. The smallest absolute Gasteiger partial charge is 0.317 e. The maximum atomic E-state index is 12.7. The molecule has 2 heterocycles. The first kappa shape index (κ1) is 21.2. The van der Waals surface area contributed by atoms with Gasteiger partial charge in [-0.3, -0.25) is 4.90 Å². The van der Waals surface area contributed by atoms with Gasteiger partial charge in [0.05, 0.1) is 19.3 Å². The van der Waals surface area contributed by atoms with Crippen molar-refractivity contribution >= 4 is 11.7 Å². The summed E-state index contributed by atoms with van der Waals surface area (Å²) in [5.74, 6) is 1.76. The average Bonchev–Trinajstić information content (AvgIpc) is 3.15. The van der Waals surface area contributed by atoms with E-state index in [1.807, 2.05) is 40.2 Å². The zero-order valence-corrected chi connectivity index (χ0v) is 17.9. The van der Waals surface area contributed by atoms with Crippen LogP contribution in [0.25, 0.3) is 0 Å². The number of nitrogens with zero attached hydrogens (tertiary/aromatic N) is 3. The molecule has 1 unspecified atom stereocenters. The molecule has 1 aromatic heterocycles. The lowest BCUT2D eigenvalue weighted by molar-refractivity contribution is 0.0119. The van der Waals surface area contributed by atoms with Crippen molar-refractivity contribution in [2.24, 2.45) is 0 Å². The van der Waals surface area contributed by atoms with E-state index in [0.29, 0.717) is 26.3 Å². The van der Waals surface area contributed by atoms with Gasteiger partial charge in [0.2, 0.25) is 0 Å². The number of hydrogen-bond donors (Lipinski definition) is 1. The van der Waals surface area contributed by atoms with Crippen LogP contribution in [0.2, 0.25) is 0 Å². The fraction of sp³-hybridized carbons (Fsp3) is 0.500. The largest absolute Gasteiger partial charge is 0.465 e. The Morgan fingerprint density at radius 3 is 2.38 bits per heavy atom. The van der Waals surface area contributed by atoms with Crippen LogP contribution < -0.4 is 10.2 Å². The van der Waals surface area contributed by atoms with Crippen molar-refractivity contribution in [2.45, 2.75) is 19.5 Å². The summed E-state index contributed by atoms with van der Waals surface area (Å²) in [5.41, 5.74) is 2.24. The van der Waals surface area contributed by atoms with Gasteiger partial charge in [-0.1, -0.05) is 12.1 Å². The topological polar surface area (TPSA) is 61.2 Å². The average molecular weight is 401 g/mol. The lowest BCUT2D eigenvalue weighted by Gasteiger charge is -2.33. The number of anilines is 1. The normalized spacial score (nSPS) is 15.7. The van der Waals surface area contributed by atoms with E-state index in [1.165, 1.54) is 0 Å². The molecule has 0 saturated carbocycles. The summed E-state index contributed by atoms with van der Waals surface area (Å²) < 4.78 is 11.3. The molecule has 1 N–H and O–H groups in total. The van der Waals surface area contributed by atoms with Gasteiger partial charge in [-0.25, -0.2) is 4.79 Å². The highest BCUT2D eigenvalue weighted by molar-refractivity contribution is 5.73. The van der Waals surface area contributed by atoms with Gasteiger partial charge in [0.25, 0.3) is 0 Å². The van der Waals surface area contributed by atoms with E-state index in [9.17, 15) is 4.79 Å². The summed E-state index contributed by atoms with van der Waals surface area (Å²) in [4.78, 5) is 18.7. The third-order valence-corrected chi connectivity index (χ3v) is 5.24. The number of nitrogens with one attached hydrogen (secondary N) is 1. The molecular weight excluding hydrogens is 368 g/mol. The molecule has 7 heteroatoms. The molecule has 0 bridgehead atoms. The summed E-state index contributed by atoms with van der Waals surface area (Å²) in [6.07, 6.45) is 0. The van der Waals surface area contributed by atoms with Crippen molar-refractivity contribution < 1.29 is 13.9 Å². The van der Waals surface area contributed by atoms with Crippen LogP contribution in [0, 0.1) is 6.92 Å². The third kappa shape index (κ3) is 5.74. The zero-order chi connectivity index (χ0) is 20.8. The molecule has 2 aromatic rings. The molecule has 0 aliphatic carbocycles. The van der Waals surface area contributed by atoms with Crippen molar-refractivity contribution in [3.05, 3.63) is 53.5 Å². The zero-order valence-electron chi connectivity index (χ0n) is 17.9. The van der Waals surface area contributed by atoms with Gasteiger partial charge < -0.3 is 24.3 Å². The van der Waals surface area contributed by atoms with Crippen LogP contribution in [0.5, 0.6) is 0 Å². The SMILES string of the molecule is Cc1ccc(C(CNC(=O)N(C)Cc2ccc(N(C)C)cc2)N2CCOCC2)o1. The molecule has 1 saturated heterocycles. The minimum absolute atomic E-state index is 0.00400. The first-order chi connectivity index (χ1) is 13.9. The van der Waals surface area contributed by atoms with E-state index in [-0.39, 0.29) is 12.1 Å². The molecule has 1 aliphatic rings. The van der Waals surface area contributed by atoms with Crippen molar-refractivity contribution in [3.8, 4) is 0 Å². The Hall–Kier alpha value is -2.51. The van der Waals surface area contributed by atoms with Gasteiger partial charge in [0, 0.05) is 53.0 Å². The predicted molar refractivity (Wildman–Crippen MR) is 114 cm³/mol. The molecule has 1 fully saturated rings. The van der Waals surface area contributed by atoms with Crippen LogP contribution in [0.1, 0.15) is 23.1 Å². The van der Waals surface area contributed by atoms with Crippen molar-refractivity contribution in [1.29, 1.82) is 0 Å². The lowest BCUT2D eigenvalue weighted by atomic mass is 10.1. The predicted octanol–water partition coefficient (Wildman–Crippen LogP) is 2.87. The van der Waals surface area contributed by atoms with Gasteiger partial charge >= 0.3 is 6.03 Å². The Labute approximate surface area is 173 Å². The summed E-state index contributed by atoms with van der Waals surface area (Å²) in [7, 11) is 5.84. The first-order valence-corrected chi connectivity index (χ1v) is 10.1. The van der Waals surface area contributed by atoms with Gasteiger partial charge in [-0.2, -0.15) is 0 Å². The number of amides is 2. The number of morpholine rings is 1. The van der Waals surface area contributed by atoms with Crippen molar-refractivity contribution in [1.82, 2.24) is 15.1 Å². The number of ether oxygens (including phenoxy) is 1. The number of aryl methyl sites for hydroxylation is 1. The number of carbonyl (C=O) groups is 1. The van der Waals surface area contributed by atoms with Gasteiger partial charge in [0.15, 0.2) is 0 Å². The highest BCUT2D eigenvalue weighted by Crippen LogP contribution is 2.23. The van der Waals surface area contributed by atoms with Crippen molar-refractivity contribution in [2.75, 3.05) is 58.9 Å². The summed E-state index contributed by atoms with van der Waals surface area (Å²) in [6.45, 7) is 6.05. The van der Waals surface area contributed by atoms with E-state index in [0.717, 1.165) is 35.9 Å². The van der Waals surface area contributed by atoms with Gasteiger partial charge in [-0.05, 0) is 36.8 Å². The van der Waals surface area contributed by atoms with Crippen LogP contribution >= 0.6 is 0 Å². The summed E-state index contributed by atoms with van der Waals surface area (Å²) in [5, 5.41) is 3.07. The van der Waals surface area contributed by atoms with Gasteiger partial charge in [0.1, 0.15) is 11.5 Å². The van der Waals surface area contributed by atoms with Crippen LogP contribution in [-0.2, 0) is 11.3 Å². The van der Waals surface area contributed by atoms with E-state index in [1.54, 1.807) is 4.90 Å². The Bertz CT molecular complexity index is 782. The highest BCUT2D eigenvalue weighted by atomic mass is 16.5. The molecule has 1 atom stereocenters. The second-order valence-corrected chi connectivity index (χ2v) is 7.72. The number of rotatable bonds is 7. The third-order valence-electron chi connectivity index (χ3n) is 5.24. The molecular formula is C22H32N4O3. The molecule has 1 aliphatic heterocycles. The standard InChI is InChI=1S/C22H32N4O3/c1-17-5-10-21(29-17)20(26-11-13-28-14-12-26)15-23-22(27)25(4)16-18-6-8-19(9-7-18)24(2)3/h5-10,20H,11-16H2,1-4H3,(H,23,27). The number of benzene rings is 1. The Morgan fingerprint density at radius 2 is 1.79 bits per heavy atom. The fourth-order valence-electron chi connectivity index (χ4n) is 3.50. The fourth-order valence-corrected chi connectivity index (χ4v) is 3.50. The maximum Gasteiger partial charge on any atom is 0.317 e. The van der Waals surface area contributed by atoms with Crippen LogP contribution in [0.15, 0.2) is 40.8 Å². The minimum Gasteiger partial charge on any atom is -0.465 e. The molecule has 158 valence electrons. The maximum absolute atomic E-state index is 12.7. The number of urea groups is 1. The molecule has 0 spiro atoms. The minimum atomic E-state index is -0.0942. The van der Waals surface area contributed by atoms with Crippen LogP contribution in [-0.4, -0.2) is 69.8 Å². The molecule has 1 aromatic carbocycles. The molecule has 7 nitrogen and oxygen atoms in total. The number of carbonyl (C=O) groups excluding carboxylic acids is 1. The van der Waals surface area contributed by atoms with E-state index in [4.69, 9.17) is 9.15 Å². The van der Waals surface area contributed by atoms with E-state index < -0.39 is 0 Å². The lowest BCUT2D eigenvalue weighted by Crippen LogP contribution is -2.45. The van der Waals surface area contributed by atoms with Gasteiger partial charge in [-0.15, -0.1) is 0 Å². The van der Waals surface area contributed by atoms with Crippen LogP contribution in [0.4, 0.5) is 10.5 Å². The highest BCUT2D eigenvalue weighted by Gasteiger charge is 2.26. The van der Waals surface area contributed by atoms with E-state index in [2.05, 4.69) is 39.4 Å². The Morgan fingerprint density at radius 1 is 1.10 bits per heavy atom. The van der Waals surface area contributed by atoms with E-state index >= 15 is 0 Å². The number of hydrogen-bond acceptors (Lipinski definition) is 5. The molecule has 3 rings (SSSR count). The van der Waals surface area contributed by atoms with Crippen LogP contribution in [0.3, 0.4) is 0 Å². The Balaban J connectivity index is 1.58. The molecule has 2 amide bonds. The monoisotopic (exact) mass is 400 g/mol. The van der Waals surface area contributed by atoms with Crippen molar-refractivity contribution in [3.63, 3.8) is 0 Å². The molecule has 29 heavy (non-hydrogen) atoms. The Kier molecular flexibility index (Phi) is 7.17.